The van der Waals surface area contributed by atoms with Gasteiger partial charge in [-0.15, -0.1) is 0 Å². The summed E-state index contributed by atoms with van der Waals surface area (Å²) in [6.07, 6.45) is 1.45. The van der Waals surface area contributed by atoms with Gasteiger partial charge >= 0.3 is 0 Å². The number of hydrogen-bond donors (Lipinski definition) is 1. The summed E-state index contributed by atoms with van der Waals surface area (Å²) in [4.78, 5) is 15.9. The van der Waals surface area contributed by atoms with Gasteiger partial charge in [0.1, 0.15) is 4.60 Å². The lowest BCUT2D eigenvalue weighted by Crippen LogP contribution is -2.12. The number of aromatic nitrogens is 1. The van der Waals surface area contributed by atoms with Crippen molar-refractivity contribution >= 4 is 62.3 Å². The van der Waals surface area contributed by atoms with Crippen molar-refractivity contribution in [3.8, 4) is 0 Å². The summed E-state index contributed by atoms with van der Waals surface area (Å²) < 4.78 is 0.650. The number of hydrogen-bond acceptors (Lipinski definition) is 2. The maximum atomic E-state index is 12.0. The molecule has 3 nitrogen and oxygen atoms in total. The number of pyridine rings is 1. The Kier molecular flexibility index (Phi) is 4.68. The second-order valence-corrected chi connectivity index (χ2v) is 5.60. The Morgan fingerprint density at radius 1 is 1.11 bits per heavy atom. The molecule has 0 bridgehead atoms. The van der Waals surface area contributed by atoms with Crippen molar-refractivity contribution in [1.29, 1.82) is 0 Å². The van der Waals surface area contributed by atoms with E-state index in [0.717, 1.165) is 0 Å². The van der Waals surface area contributed by atoms with Crippen LogP contribution in [0.3, 0.4) is 0 Å². The molecule has 7 heteroatoms. The molecule has 2 aromatic rings. The highest BCUT2D eigenvalue weighted by Gasteiger charge is 2.11. The highest BCUT2D eigenvalue weighted by molar-refractivity contribution is 9.10. The highest BCUT2D eigenvalue weighted by atomic mass is 79.9. The SMILES string of the molecule is O=C(Nc1cc(Cl)c(Cl)cc1Cl)c1ccc(Br)nc1. The van der Waals surface area contributed by atoms with E-state index >= 15 is 0 Å². The molecule has 0 aliphatic heterocycles. The Morgan fingerprint density at radius 3 is 2.42 bits per heavy atom. The summed E-state index contributed by atoms with van der Waals surface area (Å²) >= 11 is 20.9. The van der Waals surface area contributed by atoms with Crippen LogP contribution in [0.25, 0.3) is 0 Å². The largest absolute Gasteiger partial charge is 0.321 e. The van der Waals surface area contributed by atoms with E-state index in [2.05, 4.69) is 26.2 Å². The second kappa shape index (κ2) is 6.09. The van der Waals surface area contributed by atoms with E-state index in [1.54, 1.807) is 12.1 Å². The van der Waals surface area contributed by atoms with Crippen LogP contribution in [0.4, 0.5) is 5.69 Å². The first kappa shape index (κ1) is 14.6. The molecule has 1 N–H and O–H groups in total. The van der Waals surface area contributed by atoms with Gasteiger partial charge in [-0.05, 0) is 40.2 Å². The van der Waals surface area contributed by atoms with Crippen molar-refractivity contribution < 1.29 is 4.79 Å². The van der Waals surface area contributed by atoms with Crippen LogP contribution in [-0.4, -0.2) is 10.9 Å². The van der Waals surface area contributed by atoms with Gasteiger partial charge in [0.15, 0.2) is 0 Å². The van der Waals surface area contributed by atoms with Crippen molar-refractivity contribution in [3.63, 3.8) is 0 Å². The fourth-order valence-corrected chi connectivity index (χ4v) is 2.15. The lowest BCUT2D eigenvalue weighted by atomic mass is 10.2. The molecule has 0 radical (unpaired) electrons. The Labute approximate surface area is 133 Å². The average molecular weight is 380 g/mol. The van der Waals surface area contributed by atoms with Crippen LogP contribution in [0.5, 0.6) is 0 Å². The number of nitrogens with one attached hydrogen (secondary N) is 1. The minimum Gasteiger partial charge on any atom is -0.321 e. The predicted molar refractivity (Wildman–Crippen MR) is 81.4 cm³/mol. The third-order valence-electron chi connectivity index (χ3n) is 2.25. The smallest absolute Gasteiger partial charge is 0.257 e. The second-order valence-electron chi connectivity index (χ2n) is 3.57. The van der Waals surface area contributed by atoms with E-state index in [-0.39, 0.29) is 5.91 Å². The van der Waals surface area contributed by atoms with Crippen molar-refractivity contribution in [3.05, 3.63) is 55.7 Å². The van der Waals surface area contributed by atoms with Crippen LogP contribution in [0.2, 0.25) is 15.1 Å². The molecule has 1 aromatic heterocycles. The van der Waals surface area contributed by atoms with Crippen LogP contribution in [0.1, 0.15) is 10.4 Å². The van der Waals surface area contributed by atoms with E-state index in [0.29, 0.717) is 30.9 Å². The van der Waals surface area contributed by atoms with Crippen LogP contribution >= 0.6 is 50.7 Å². The Bertz CT molecular complexity index is 632. The first-order chi connectivity index (χ1) is 8.97. The number of rotatable bonds is 2. The van der Waals surface area contributed by atoms with Gasteiger partial charge in [-0.2, -0.15) is 0 Å². The van der Waals surface area contributed by atoms with Gasteiger partial charge in [0.25, 0.3) is 5.91 Å². The van der Waals surface area contributed by atoms with E-state index in [4.69, 9.17) is 34.8 Å². The van der Waals surface area contributed by atoms with Crippen LogP contribution < -0.4 is 5.32 Å². The van der Waals surface area contributed by atoms with E-state index in [1.807, 2.05) is 0 Å². The Balaban J connectivity index is 2.24. The zero-order chi connectivity index (χ0) is 14.0. The first-order valence-corrected chi connectivity index (χ1v) is 6.97. The number of carbonyl (C=O) groups excluding carboxylic acids is 1. The van der Waals surface area contributed by atoms with E-state index in [1.165, 1.54) is 18.3 Å². The number of halogens is 4. The predicted octanol–water partition coefficient (Wildman–Crippen LogP) is 5.06. The van der Waals surface area contributed by atoms with Gasteiger partial charge in [0.2, 0.25) is 0 Å². The van der Waals surface area contributed by atoms with Gasteiger partial charge in [-0.1, -0.05) is 34.8 Å². The summed E-state index contributed by atoms with van der Waals surface area (Å²) in [6.45, 7) is 0. The fraction of sp³-hybridized carbons (Fsp3) is 0. The van der Waals surface area contributed by atoms with Gasteiger partial charge in [-0.25, -0.2) is 4.98 Å². The van der Waals surface area contributed by atoms with Gasteiger partial charge in [0.05, 0.1) is 26.3 Å². The van der Waals surface area contributed by atoms with Gasteiger partial charge < -0.3 is 5.32 Å². The molecule has 2 rings (SSSR count). The lowest BCUT2D eigenvalue weighted by Gasteiger charge is -2.08. The normalized spacial score (nSPS) is 10.3. The Morgan fingerprint density at radius 2 is 1.79 bits per heavy atom. The Hall–Kier alpha value is -0.810. The molecular formula is C12H6BrCl3N2O. The molecule has 1 amide bonds. The van der Waals surface area contributed by atoms with Crippen molar-refractivity contribution in [2.24, 2.45) is 0 Å². The van der Waals surface area contributed by atoms with Gasteiger partial charge in [0, 0.05) is 6.20 Å². The van der Waals surface area contributed by atoms with E-state index in [9.17, 15) is 4.79 Å². The summed E-state index contributed by atoms with van der Waals surface area (Å²) in [5, 5.41) is 3.60. The topological polar surface area (TPSA) is 42.0 Å². The highest BCUT2D eigenvalue weighted by Crippen LogP contribution is 2.32. The van der Waals surface area contributed by atoms with Crippen LogP contribution in [0.15, 0.2) is 35.1 Å². The number of nitrogens with zero attached hydrogens (tertiary/aromatic N) is 1. The summed E-state index contributed by atoms with van der Waals surface area (Å²) in [5.41, 5.74) is 0.800. The molecule has 98 valence electrons. The lowest BCUT2D eigenvalue weighted by molar-refractivity contribution is 0.102. The standard InChI is InChI=1S/C12H6BrCl3N2O/c13-11-2-1-6(5-17-11)12(19)18-10-4-8(15)7(14)3-9(10)16/h1-5H,(H,18,19). The quantitative estimate of drug-likeness (QED) is 0.585. The molecule has 1 aromatic carbocycles. The summed E-state index contributed by atoms with van der Waals surface area (Å²) in [6, 6.07) is 6.28. The molecule has 0 fully saturated rings. The monoisotopic (exact) mass is 378 g/mol. The van der Waals surface area contributed by atoms with Crippen LogP contribution in [0, 0.1) is 0 Å². The van der Waals surface area contributed by atoms with Crippen molar-refractivity contribution in [2.75, 3.05) is 5.32 Å². The average Bonchev–Trinajstić information content (AvgIpc) is 2.36. The van der Waals surface area contributed by atoms with Crippen molar-refractivity contribution in [1.82, 2.24) is 4.98 Å². The third-order valence-corrected chi connectivity index (χ3v) is 3.75. The minimum atomic E-state index is -0.333. The first-order valence-electron chi connectivity index (χ1n) is 5.05. The number of benzene rings is 1. The molecule has 19 heavy (non-hydrogen) atoms. The third kappa shape index (κ3) is 3.60. The molecule has 0 aliphatic carbocycles. The molecule has 0 saturated carbocycles. The zero-order valence-electron chi connectivity index (χ0n) is 9.25. The minimum absolute atomic E-state index is 0.313. The zero-order valence-corrected chi connectivity index (χ0v) is 13.1. The maximum absolute atomic E-state index is 12.0. The molecular weight excluding hydrogens is 374 g/mol. The molecule has 0 unspecified atom stereocenters. The molecule has 0 saturated heterocycles. The van der Waals surface area contributed by atoms with Crippen LogP contribution in [-0.2, 0) is 0 Å². The van der Waals surface area contributed by atoms with Crippen molar-refractivity contribution in [2.45, 2.75) is 0 Å². The number of amides is 1. The maximum Gasteiger partial charge on any atom is 0.257 e. The van der Waals surface area contributed by atoms with E-state index < -0.39 is 0 Å². The number of carbonyl (C=O) groups is 1. The fourth-order valence-electron chi connectivity index (χ4n) is 1.32. The molecule has 1 heterocycles. The molecule has 0 spiro atoms. The summed E-state index contributed by atoms with van der Waals surface area (Å²) in [7, 11) is 0. The molecule has 0 aliphatic rings. The van der Waals surface area contributed by atoms with Gasteiger partial charge in [-0.3, -0.25) is 4.79 Å². The number of anilines is 1. The molecule has 0 atom stereocenters. The summed E-state index contributed by atoms with van der Waals surface area (Å²) in [5.74, 6) is -0.333.